The van der Waals surface area contributed by atoms with Gasteiger partial charge in [0.25, 0.3) is 0 Å². The van der Waals surface area contributed by atoms with Gasteiger partial charge in [-0.3, -0.25) is 4.79 Å². The lowest BCUT2D eigenvalue weighted by Gasteiger charge is -2.04. The Bertz CT molecular complexity index is 724. The molecule has 2 heterocycles. The van der Waals surface area contributed by atoms with Crippen LogP contribution in [0.15, 0.2) is 5.16 Å². The van der Waals surface area contributed by atoms with Gasteiger partial charge in [-0.25, -0.2) is 0 Å². The summed E-state index contributed by atoms with van der Waals surface area (Å²) < 4.78 is 11.8. The van der Waals surface area contributed by atoms with Gasteiger partial charge < -0.3 is 15.8 Å². The van der Waals surface area contributed by atoms with E-state index in [1.165, 1.54) is 0 Å². The van der Waals surface area contributed by atoms with Crippen LogP contribution in [0.2, 0.25) is 12.0 Å². The van der Waals surface area contributed by atoms with Crippen molar-refractivity contribution < 1.29 is 10.9 Å². The zero-order valence-corrected chi connectivity index (χ0v) is 13.2. The minimum absolute atomic E-state index is 0.00405. The number of carbonyl (C=O) groups is 1. The van der Waals surface area contributed by atoms with E-state index in [1.54, 1.807) is 7.05 Å². The normalized spacial score (nSPS) is 10.8. The number of rotatable bonds is 6. The van der Waals surface area contributed by atoms with E-state index in [2.05, 4.69) is 35.2 Å². The molecule has 116 valence electrons. The molecule has 0 saturated heterocycles. The van der Waals surface area contributed by atoms with Crippen molar-refractivity contribution in [3.05, 3.63) is 10.6 Å². The molecule has 0 spiro atoms. The molecule has 0 aliphatic carbocycles. The van der Waals surface area contributed by atoms with Gasteiger partial charge in [-0.2, -0.15) is 29.9 Å². The van der Waals surface area contributed by atoms with Crippen LogP contribution in [0, 0.1) is 0 Å². The summed E-state index contributed by atoms with van der Waals surface area (Å²) in [6.45, 7) is 0. The van der Waals surface area contributed by atoms with Crippen molar-refractivity contribution in [1.29, 1.82) is 0 Å². The highest BCUT2D eigenvalue weighted by atomic mass is 35.5. The molecule has 2 rings (SSSR count). The zero-order valence-electron chi connectivity index (χ0n) is 11.9. The van der Waals surface area contributed by atoms with Gasteiger partial charge in [-0.05, 0) is 23.2 Å². The third-order valence-corrected chi connectivity index (χ3v) is 3.08. The number of thioether (sulfide) groups is 1. The van der Waals surface area contributed by atoms with Crippen LogP contribution in [-0.2, 0) is 4.79 Å². The van der Waals surface area contributed by atoms with E-state index < -0.39 is 5.97 Å². The fraction of sp³-hybridized carbons (Fsp3) is 0.222. The fourth-order valence-electron chi connectivity index (χ4n) is 1.14. The maximum absolute atomic E-state index is 11.8. The number of nitrogen functional groups attached to an aromatic ring is 1. The van der Waals surface area contributed by atoms with E-state index in [1.807, 2.05) is 5.73 Å². The molecular weight excluding hydrogens is 355 g/mol. The molecule has 0 amide bonds. The second kappa shape index (κ2) is 7.33. The molecule has 0 unspecified atom stereocenters. The quantitative estimate of drug-likeness (QED) is 0.552. The number of aromatic nitrogens is 6. The van der Waals surface area contributed by atoms with E-state index in [-0.39, 0.29) is 39.4 Å². The Balaban J connectivity index is 1.98. The molecule has 13 heteroatoms. The van der Waals surface area contributed by atoms with Crippen LogP contribution in [0.25, 0.3) is 0 Å². The summed E-state index contributed by atoms with van der Waals surface area (Å²) in [5.74, 6) is -0.674. The van der Waals surface area contributed by atoms with E-state index in [0.717, 1.165) is 11.8 Å². The average Bonchev–Trinajstić information content (AvgIpc) is 2.51. The summed E-state index contributed by atoms with van der Waals surface area (Å²) in [5.41, 5.74) is 1.92. The Hall–Kier alpha value is -1.98. The third kappa shape index (κ3) is 4.79. The fourth-order valence-corrected chi connectivity index (χ4v) is 2.11. The number of esters is 1. The molecule has 0 aromatic carbocycles. The van der Waals surface area contributed by atoms with Crippen LogP contribution in [0.4, 0.5) is 11.9 Å². The van der Waals surface area contributed by atoms with Crippen molar-refractivity contribution in [3.8, 4) is 6.01 Å². The number of anilines is 2. The predicted octanol–water partition coefficient (Wildman–Crippen LogP) is 0.685. The molecule has 0 bridgehead atoms. The standard InChI is InChI=1S/C9H8Cl2N8O2S/c1-13-7-15-5(11)17-9(19-7)22-2-3(20)21-8-16-4(10)14-6(12)18-8/h2H2,1H3,(H2,12,14,16,18)(H,13,15,17,19)/i/hD. The highest BCUT2D eigenvalue weighted by molar-refractivity contribution is 7.99. The van der Waals surface area contributed by atoms with Crippen molar-refractivity contribution in [1.82, 2.24) is 29.9 Å². The van der Waals surface area contributed by atoms with Crippen molar-refractivity contribution in [3.63, 3.8) is 0 Å². The largest absolute Gasteiger partial charge is 0.390 e. The lowest BCUT2D eigenvalue weighted by atomic mass is 10.8. The van der Waals surface area contributed by atoms with Gasteiger partial charge in [0.1, 0.15) is 0 Å². The van der Waals surface area contributed by atoms with Gasteiger partial charge in [-0.1, -0.05) is 11.8 Å². The first-order chi connectivity index (χ1) is 11.0. The van der Waals surface area contributed by atoms with Crippen LogP contribution in [0.3, 0.4) is 0 Å². The highest BCUT2D eigenvalue weighted by Crippen LogP contribution is 2.17. The number of halogens is 2. The Morgan fingerprint density at radius 2 is 2.05 bits per heavy atom. The van der Waals surface area contributed by atoms with Crippen LogP contribution < -0.4 is 15.8 Å². The maximum atomic E-state index is 11.8. The summed E-state index contributed by atoms with van der Waals surface area (Å²) >= 11 is 12.3. The number of nitrogens with one attached hydrogen (secondary N) is 1. The number of hydrogen-bond donors (Lipinski definition) is 2. The molecule has 0 fully saturated rings. The number of carbonyl (C=O) groups excluding carboxylic acids is 1. The van der Waals surface area contributed by atoms with Gasteiger partial charge >= 0.3 is 12.0 Å². The number of nitrogens with two attached hydrogens (primary N) is 1. The van der Waals surface area contributed by atoms with Crippen LogP contribution in [-0.4, -0.2) is 48.7 Å². The van der Waals surface area contributed by atoms with Gasteiger partial charge in [0, 0.05) is 7.05 Å². The molecule has 2 aromatic heterocycles. The second-order valence-corrected chi connectivity index (χ2v) is 5.05. The molecule has 0 radical (unpaired) electrons. The molecule has 2 aromatic rings. The molecule has 22 heavy (non-hydrogen) atoms. The first-order valence-corrected chi connectivity index (χ1v) is 7.26. The number of nitrogens with zero attached hydrogens (tertiary/aromatic N) is 6. The zero-order chi connectivity index (χ0) is 16.8. The Labute approximate surface area is 139 Å². The molecule has 0 aliphatic heterocycles. The lowest BCUT2D eigenvalue weighted by molar-refractivity contribution is -0.131. The summed E-state index contributed by atoms with van der Waals surface area (Å²) in [4.78, 5) is 34.3. The van der Waals surface area contributed by atoms with Crippen LogP contribution >= 0.6 is 35.0 Å². The molecule has 3 N–H and O–H groups in total. The SMILES string of the molecule is [2H]Nc1nc(Cl)nc(OC(=O)CSc2nc(Cl)nc(NC)n2)n1. The van der Waals surface area contributed by atoms with Crippen LogP contribution in [0.5, 0.6) is 6.01 Å². The highest BCUT2D eigenvalue weighted by Gasteiger charge is 2.12. The monoisotopic (exact) mass is 363 g/mol. The minimum atomic E-state index is -0.671. The van der Waals surface area contributed by atoms with E-state index >= 15 is 0 Å². The summed E-state index contributed by atoms with van der Waals surface area (Å²) in [6.07, 6.45) is 0. The van der Waals surface area contributed by atoms with E-state index in [0.29, 0.717) is 0 Å². The second-order valence-electron chi connectivity index (χ2n) is 3.43. The average molecular weight is 364 g/mol. The van der Waals surface area contributed by atoms with Gasteiger partial charge in [0.05, 0.1) is 5.75 Å². The number of hydrogen-bond acceptors (Lipinski definition) is 11. The molecule has 0 aliphatic rings. The molecule has 0 saturated carbocycles. The Morgan fingerprint density at radius 3 is 2.77 bits per heavy atom. The van der Waals surface area contributed by atoms with Crippen molar-refractivity contribution in [2.24, 2.45) is 0 Å². The summed E-state index contributed by atoms with van der Waals surface area (Å²) in [5, 5.41) is 2.74. The van der Waals surface area contributed by atoms with Gasteiger partial charge in [0.15, 0.2) is 6.57 Å². The Morgan fingerprint density at radius 1 is 1.27 bits per heavy atom. The predicted molar refractivity (Wildman–Crippen MR) is 80.0 cm³/mol. The maximum Gasteiger partial charge on any atom is 0.330 e. The Kier molecular flexibility index (Phi) is 4.98. The smallest absolute Gasteiger partial charge is 0.330 e. The van der Waals surface area contributed by atoms with Crippen molar-refractivity contribution in [2.45, 2.75) is 5.16 Å². The molecule has 10 nitrogen and oxygen atoms in total. The van der Waals surface area contributed by atoms with Crippen molar-refractivity contribution in [2.75, 3.05) is 23.8 Å². The first kappa shape index (κ1) is 14.9. The molecule has 0 atom stereocenters. The summed E-state index contributed by atoms with van der Waals surface area (Å²) in [7, 11) is 1.62. The molecular formula is C9H8Cl2N8O2S. The van der Waals surface area contributed by atoms with Gasteiger partial charge in [0.2, 0.25) is 22.5 Å². The third-order valence-electron chi connectivity index (χ3n) is 1.92. The lowest BCUT2D eigenvalue weighted by Crippen LogP contribution is -2.14. The number of ether oxygens (including phenoxy) is 1. The summed E-state index contributed by atoms with van der Waals surface area (Å²) in [6, 6.07) is -0.324. The van der Waals surface area contributed by atoms with Gasteiger partial charge in [-0.15, -0.1) is 0 Å². The minimum Gasteiger partial charge on any atom is -0.390 e. The van der Waals surface area contributed by atoms with E-state index in [4.69, 9.17) is 29.4 Å². The first-order valence-electron chi connectivity index (χ1n) is 6.02. The van der Waals surface area contributed by atoms with Crippen LogP contribution in [0.1, 0.15) is 0 Å². The van der Waals surface area contributed by atoms with Crippen molar-refractivity contribution >= 4 is 52.8 Å². The topological polar surface area (TPSA) is 142 Å². The van der Waals surface area contributed by atoms with E-state index in [9.17, 15) is 4.79 Å².